The summed E-state index contributed by atoms with van der Waals surface area (Å²) in [6.45, 7) is -0.606. The molecule has 3 N–H and O–H groups in total. The van der Waals surface area contributed by atoms with Crippen molar-refractivity contribution in [2.75, 3.05) is 6.61 Å². The third-order valence-corrected chi connectivity index (χ3v) is 6.11. The van der Waals surface area contributed by atoms with Crippen LogP contribution in [0.15, 0.2) is 29.2 Å². The van der Waals surface area contributed by atoms with Gasteiger partial charge in [-0.25, -0.2) is 8.42 Å². The van der Waals surface area contributed by atoms with E-state index in [2.05, 4.69) is 10.0 Å². The van der Waals surface area contributed by atoms with Gasteiger partial charge in [-0.15, -0.1) is 0 Å². The number of amides is 1. The zero-order valence-electron chi connectivity index (χ0n) is 14.1. The second-order valence-corrected chi connectivity index (χ2v) is 8.51. The van der Waals surface area contributed by atoms with Crippen LogP contribution in [-0.4, -0.2) is 38.1 Å². The summed E-state index contributed by atoms with van der Waals surface area (Å²) < 4.78 is 27.0. The average Bonchev–Trinajstić information content (AvgIpc) is 2.55. The summed E-state index contributed by atoms with van der Waals surface area (Å²) in [6.07, 6.45) is 7.39. The molecule has 6 nitrogen and oxygen atoms in total. The number of rotatable bonds is 6. The molecule has 1 saturated carbocycles. The van der Waals surface area contributed by atoms with Crippen LogP contribution in [-0.2, 0) is 14.8 Å². The van der Waals surface area contributed by atoms with Crippen LogP contribution < -0.4 is 10.0 Å². The summed E-state index contributed by atoms with van der Waals surface area (Å²) in [7, 11) is -3.92. The first kappa shape index (κ1) is 20.2. The van der Waals surface area contributed by atoms with E-state index in [0.717, 1.165) is 38.5 Å². The van der Waals surface area contributed by atoms with Crippen LogP contribution in [0.2, 0.25) is 5.02 Å². The third-order valence-electron chi connectivity index (χ3n) is 4.37. The molecule has 1 aliphatic rings. The summed E-state index contributed by atoms with van der Waals surface area (Å²) in [4.78, 5) is 12.4. The first-order valence-corrected chi connectivity index (χ1v) is 10.5. The van der Waals surface area contributed by atoms with Crippen molar-refractivity contribution in [3.05, 3.63) is 29.3 Å². The Bertz CT molecular complexity index is 656. The molecule has 0 saturated heterocycles. The molecule has 0 spiro atoms. The number of aliphatic hydroxyl groups is 1. The number of benzene rings is 1. The van der Waals surface area contributed by atoms with Crippen LogP contribution in [0.1, 0.15) is 44.9 Å². The number of carbonyl (C=O) groups excluding carboxylic acids is 1. The molecular weight excluding hydrogens is 364 g/mol. The lowest BCUT2D eigenvalue weighted by atomic mass is 9.96. The molecule has 1 amide bonds. The lowest BCUT2D eigenvalue weighted by molar-refractivity contribution is -0.124. The molecule has 140 valence electrons. The summed E-state index contributed by atoms with van der Waals surface area (Å²) >= 11 is 5.76. The molecule has 25 heavy (non-hydrogen) atoms. The van der Waals surface area contributed by atoms with E-state index in [1.165, 1.54) is 30.7 Å². The Morgan fingerprint density at radius 2 is 1.68 bits per heavy atom. The molecule has 0 radical (unpaired) electrons. The van der Waals surface area contributed by atoms with E-state index in [1.807, 2.05) is 0 Å². The zero-order valence-corrected chi connectivity index (χ0v) is 15.7. The van der Waals surface area contributed by atoms with E-state index in [4.69, 9.17) is 11.6 Å². The maximum atomic E-state index is 12.4. The maximum absolute atomic E-state index is 12.4. The molecule has 0 aliphatic heterocycles. The Labute approximate surface area is 154 Å². The normalized spacial score (nSPS) is 18.2. The van der Waals surface area contributed by atoms with Crippen LogP contribution in [0.3, 0.4) is 0 Å². The number of aliphatic hydroxyl groups excluding tert-OH is 1. The Morgan fingerprint density at radius 1 is 1.12 bits per heavy atom. The van der Waals surface area contributed by atoms with Gasteiger partial charge in [0, 0.05) is 11.1 Å². The molecule has 1 atom stereocenters. The molecule has 0 aromatic heterocycles. The predicted molar refractivity (Wildman–Crippen MR) is 96.9 cm³/mol. The summed E-state index contributed by atoms with van der Waals surface area (Å²) in [5.41, 5.74) is 0. The van der Waals surface area contributed by atoms with Gasteiger partial charge in [-0.05, 0) is 37.1 Å². The number of carbonyl (C=O) groups is 1. The maximum Gasteiger partial charge on any atom is 0.241 e. The molecule has 1 aliphatic carbocycles. The lowest BCUT2D eigenvalue weighted by Gasteiger charge is -2.24. The molecule has 1 aromatic rings. The van der Waals surface area contributed by atoms with Crippen LogP contribution >= 0.6 is 11.6 Å². The van der Waals surface area contributed by atoms with Crippen molar-refractivity contribution in [1.82, 2.24) is 10.0 Å². The number of halogens is 1. The second-order valence-electron chi connectivity index (χ2n) is 6.36. The standard InChI is InChI=1S/C17H25ClN2O4S/c18-13-8-10-15(11-9-13)25(23,24)20-16(12-21)17(22)19-14-6-4-2-1-3-5-7-14/h8-11,14,16,20-21H,1-7,12H2,(H,19,22)/t16-/m0/s1. The Morgan fingerprint density at radius 3 is 2.24 bits per heavy atom. The van der Waals surface area contributed by atoms with Crippen molar-refractivity contribution >= 4 is 27.5 Å². The van der Waals surface area contributed by atoms with Gasteiger partial charge in [-0.1, -0.05) is 43.7 Å². The van der Waals surface area contributed by atoms with Crippen molar-refractivity contribution < 1.29 is 18.3 Å². The minimum Gasteiger partial charge on any atom is -0.394 e. The smallest absolute Gasteiger partial charge is 0.241 e. The van der Waals surface area contributed by atoms with Gasteiger partial charge >= 0.3 is 0 Å². The van der Waals surface area contributed by atoms with Gasteiger partial charge in [0.1, 0.15) is 6.04 Å². The van der Waals surface area contributed by atoms with Gasteiger partial charge in [0.2, 0.25) is 15.9 Å². The minimum absolute atomic E-state index is 0.00546. The fraction of sp³-hybridized carbons (Fsp3) is 0.588. The van der Waals surface area contributed by atoms with E-state index in [1.54, 1.807) is 0 Å². The first-order chi connectivity index (χ1) is 11.9. The van der Waals surface area contributed by atoms with Crippen LogP contribution in [0, 0.1) is 0 Å². The van der Waals surface area contributed by atoms with Gasteiger partial charge in [0.05, 0.1) is 11.5 Å². The third kappa shape index (κ3) is 6.26. The quantitative estimate of drug-likeness (QED) is 0.696. The van der Waals surface area contributed by atoms with Gasteiger partial charge in [-0.3, -0.25) is 4.79 Å². The SMILES string of the molecule is O=C(NC1CCCCCCC1)[C@H](CO)NS(=O)(=O)c1ccc(Cl)cc1. The van der Waals surface area contributed by atoms with Gasteiger partial charge in [0.15, 0.2) is 0 Å². The first-order valence-electron chi connectivity index (χ1n) is 8.61. The minimum atomic E-state index is -3.92. The van der Waals surface area contributed by atoms with E-state index in [0.29, 0.717) is 5.02 Å². The molecule has 1 fully saturated rings. The second kappa shape index (κ2) is 9.52. The number of sulfonamides is 1. The topological polar surface area (TPSA) is 95.5 Å². The van der Waals surface area contributed by atoms with Gasteiger partial charge < -0.3 is 10.4 Å². The van der Waals surface area contributed by atoms with Crippen molar-refractivity contribution in [2.45, 2.75) is 61.9 Å². The van der Waals surface area contributed by atoms with Crippen molar-refractivity contribution in [2.24, 2.45) is 0 Å². The number of hydrogen-bond acceptors (Lipinski definition) is 4. The highest BCUT2D eigenvalue weighted by molar-refractivity contribution is 7.89. The molecule has 0 bridgehead atoms. The fourth-order valence-electron chi connectivity index (χ4n) is 2.95. The van der Waals surface area contributed by atoms with E-state index in [9.17, 15) is 18.3 Å². The van der Waals surface area contributed by atoms with Crippen LogP contribution in [0.25, 0.3) is 0 Å². The highest BCUT2D eigenvalue weighted by Gasteiger charge is 2.26. The van der Waals surface area contributed by atoms with Crippen LogP contribution in [0.4, 0.5) is 0 Å². The average molecular weight is 389 g/mol. The Balaban J connectivity index is 2.00. The van der Waals surface area contributed by atoms with Crippen LogP contribution in [0.5, 0.6) is 0 Å². The lowest BCUT2D eigenvalue weighted by Crippen LogP contribution is -2.51. The molecular formula is C17H25ClN2O4S. The molecule has 8 heteroatoms. The van der Waals surface area contributed by atoms with Gasteiger partial charge in [-0.2, -0.15) is 4.72 Å². The van der Waals surface area contributed by atoms with Crippen molar-refractivity contribution in [1.29, 1.82) is 0 Å². The van der Waals surface area contributed by atoms with E-state index in [-0.39, 0.29) is 10.9 Å². The predicted octanol–water partition coefficient (Wildman–Crippen LogP) is 2.21. The molecule has 0 unspecified atom stereocenters. The Kier molecular flexibility index (Phi) is 7.68. The number of hydrogen-bond donors (Lipinski definition) is 3. The Hall–Kier alpha value is -1.15. The summed E-state index contributed by atoms with van der Waals surface area (Å²) in [6, 6.07) is 4.43. The van der Waals surface area contributed by atoms with Crippen molar-refractivity contribution in [3.8, 4) is 0 Å². The summed E-state index contributed by atoms with van der Waals surface area (Å²) in [5, 5.41) is 12.8. The number of nitrogens with one attached hydrogen (secondary N) is 2. The van der Waals surface area contributed by atoms with Gasteiger partial charge in [0.25, 0.3) is 0 Å². The zero-order chi connectivity index (χ0) is 18.3. The largest absolute Gasteiger partial charge is 0.394 e. The monoisotopic (exact) mass is 388 g/mol. The van der Waals surface area contributed by atoms with E-state index >= 15 is 0 Å². The highest BCUT2D eigenvalue weighted by atomic mass is 35.5. The highest BCUT2D eigenvalue weighted by Crippen LogP contribution is 2.17. The van der Waals surface area contributed by atoms with E-state index < -0.39 is 28.6 Å². The van der Waals surface area contributed by atoms with Crippen molar-refractivity contribution in [3.63, 3.8) is 0 Å². The molecule has 2 rings (SSSR count). The molecule has 0 heterocycles. The molecule has 1 aromatic carbocycles. The fourth-order valence-corrected chi connectivity index (χ4v) is 4.26. The summed E-state index contributed by atoms with van der Waals surface area (Å²) in [5.74, 6) is -0.495.